The molecule has 0 spiro atoms. The molecule has 0 amide bonds. The molecule has 0 fully saturated rings. The minimum Gasteiger partial charge on any atom is -0.871 e. The van der Waals surface area contributed by atoms with Crippen molar-refractivity contribution in [3.63, 3.8) is 0 Å². The summed E-state index contributed by atoms with van der Waals surface area (Å²) in [6, 6.07) is 11.7. The summed E-state index contributed by atoms with van der Waals surface area (Å²) in [5.41, 5.74) is 0.971. The van der Waals surface area contributed by atoms with E-state index in [-0.39, 0.29) is 125 Å². The Labute approximate surface area is 279 Å². The van der Waals surface area contributed by atoms with Crippen molar-refractivity contribution in [1.82, 2.24) is 0 Å². The number of hydrogen-bond acceptors (Lipinski definition) is 6. The number of phenolic OH excluding ortho intramolecular Hbond substituents is 2. The van der Waals surface area contributed by atoms with Crippen LogP contribution in [0.1, 0.15) is 31.8 Å². The van der Waals surface area contributed by atoms with E-state index in [4.69, 9.17) is 10.2 Å². The van der Waals surface area contributed by atoms with E-state index in [9.17, 15) is 30.0 Å². The molecule has 0 aliphatic rings. The molecule has 8 nitrogen and oxygen atoms in total. The van der Waals surface area contributed by atoms with Gasteiger partial charge in [-0.15, -0.1) is 0 Å². The number of benzene rings is 4. The van der Waals surface area contributed by atoms with E-state index >= 15 is 0 Å². The topological polar surface area (TPSA) is 161 Å². The second-order valence-electron chi connectivity index (χ2n) is 7.25. The number of aryl methyl sites for hydroxylation is 2. The molecule has 4 rings (SSSR count). The van der Waals surface area contributed by atoms with Crippen LogP contribution < -0.4 is 113 Å². The smallest absolute Gasteiger partial charge is 0.871 e. The predicted molar refractivity (Wildman–Crippen MR) is 114 cm³/mol. The van der Waals surface area contributed by atoms with Crippen molar-refractivity contribution in [1.29, 1.82) is 0 Å². The summed E-state index contributed by atoms with van der Waals surface area (Å²) >= 11 is 0. The van der Waals surface area contributed by atoms with Gasteiger partial charge in [0.05, 0.1) is 11.1 Å². The van der Waals surface area contributed by atoms with Gasteiger partial charge < -0.3 is 30.6 Å². The fourth-order valence-corrected chi connectivity index (χ4v) is 3.30. The van der Waals surface area contributed by atoms with E-state index in [0.717, 1.165) is 23.3 Å². The first-order valence-electron chi connectivity index (χ1n) is 9.34. The van der Waals surface area contributed by atoms with Gasteiger partial charge in [-0.2, -0.15) is 0 Å². The third kappa shape index (κ3) is 6.52. The summed E-state index contributed by atoms with van der Waals surface area (Å²) in [6.07, 6.45) is 0. The van der Waals surface area contributed by atoms with Crippen LogP contribution in [-0.4, -0.2) is 32.4 Å². The Morgan fingerprint density at radius 1 is 0.618 bits per heavy atom. The Morgan fingerprint density at radius 3 is 1.24 bits per heavy atom. The normalized spacial score (nSPS) is 9.94. The first-order valence-corrected chi connectivity index (χ1v) is 9.34. The quantitative estimate of drug-likeness (QED) is 0.210. The van der Waals surface area contributed by atoms with E-state index < -0.39 is 34.6 Å². The number of carboxylic acid groups (broad SMARTS) is 2. The molecule has 0 aliphatic carbocycles. The number of carboxylic acids is 2. The minimum atomic E-state index is -1.33. The third-order valence-corrected chi connectivity index (χ3v) is 4.90. The monoisotopic (exact) mass is 512 g/mol. The van der Waals surface area contributed by atoms with E-state index in [1.807, 2.05) is 13.8 Å². The second-order valence-corrected chi connectivity index (χ2v) is 7.25. The summed E-state index contributed by atoms with van der Waals surface area (Å²) in [5.74, 6) is -4.17. The summed E-state index contributed by atoms with van der Waals surface area (Å²) in [6.45, 7) is 3.66. The molecular formula is C24H18K2O8. The molecule has 4 N–H and O–H groups in total. The third-order valence-electron chi connectivity index (χ3n) is 4.90. The zero-order chi connectivity index (χ0) is 23.7. The zero-order valence-corrected chi connectivity index (χ0v) is 25.3. The molecule has 0 atom stereocenters. The van der Waals surface area contributed by atoms with Gasteiger partial charge in [-0.1, -0.05) is 46.9 Å². The maximum Gasteiger partial charge on any atom is 1.00 e. The molecule has 164 valence electrons. The van der Waals surface area contributed by atoms with Gasteiger partial charge in [0.1, 0.15) is 11.5 Å². The Kier molecular flexibility index (Phi) is 11.5. The first-order chi connectivity index (χ1) is 15.0. The molecule has 10 heteroatoms. The molecular weight excluding hydrogens is 494 g/mol. The van der Waals surface area contributed by atoms with Crippen LogP contribution in [-0.2, 0) is 0 Å². The predicted octanol–water partition coefficient (Wildman–Crippen LogP) is -2.74. The largest absolute Gasteiger partial charge is 1.00 e. The fourth-order valence-electron chi connectivity index (χ4n) is 3.30. The molecule has 0 aromatic heterocycles. The van der Waals surface area contributed by atoms with Crippen molar-refractivity contribution in [2.24, 2.45) is 0 Å². The van der Waals surface area contributed by atoms with Crippen molar-refractivity contribution in [2.45, 2.75) is 13.8 Å². The first kappa shape index (κ1) is 30.8. The Balaban J connectivity index is 0.000000321. The molecule has 0 aliphatic heterocycles. The van der Waals surface area contributed by atoms with Gasteiger partial charge in [-0.25, -0.2) is 9.59 Å². The summed E-state index contributed by atoms with van der Waals surface area (Å²) < 4.78 is 0. The van der Waals surface area contributed by atoms with E-state index in [1.54, 1.807) is 24.3 Å². The van der Waals surface area contributed by atoms with E-state index in [1.165, 1.54) is 12.1 Å². The standard InChI is InChI=1S/2C12H10O4.2K/c2*1-6-2-3-7-8(4-6)10(13)5-9(11(7)14)12(15)16;;/h2*2-5,13-14H,1H3,(H,15,16);;/q;;2*+1/p-2. The van der Waals surface area contributed by atoms with Gasteiger partial charge in [-0.05, 0) is 48.9 Å². The molecule has 0 heterocycles. The zero-order valence-electron chi connectivity index (χ0n) is 19.0. The van der Waals surface area contributed by atoms with E-state index in [2.05, 4.69) is 0 Å². The number of aromatic carboxylic acids is 2. The molecule has 0 radical (unpaired) electrons. The van der Waals surface area contributed by atoms with Gasteiger partial charge >= 0.3 is 115 Å². The summed E-state index contributed by atoms with van der Waals surface area (Å²) in [7, 11) is 0. The van der Waals surface area contributed by atoms with Crippen LogP contribution in [0.3, 0.4) is 0 Å². The number of fused-ring (bicyclic) bond motifs is 2. The SMILES string of the molecule is Cc1ccc2c([O-])c(C(=O)O)cc(O)c2c1.Cc1ccc2c([O-])c(C(=O)O)cc(O)c2c1.[K+].[K+]. The van der Waals surface area contributed by atoms with Crippen LogP contribution >= 0.6 is 0 Å². The molecule has 0 bridgehead atoms. The molecule has 0 saturated carbocycles. The molecule has 0 unspecified atom stereocenters. The van der Waals surface area contributed by atoms with Crippen LogP contribution in [0.4, 0.5) is 0 Å². The number of aromatic hydroxyl groups is 2. The van der Waals surface area contributed by atoms with Crippen molar-refractivity contribution in [3.05, 3.63) is 70.8 Å². The number of rotatable bonds is 2. The number of hydrogen-bond donors (Lipinski definition) is 4. The number of phenols is 2. The van der Waals surface area contributed by atoms with Crippen LogP contribution in [0.15, 0.2) is 48.5 Å². The van der Waals surface area contributed by atoms with Crippen LogP contribution in [0, 0.1) is 13.8 Å². The van der Waals surface area contributed by atoms with Gasteiger partial charge in [0.25, 0.3) is 0 Å². The van der Waals surface area contributed by atoms with Gasteiger partial charge in [-0.3, -0.25) is 0 Å². The van der Waals surface area contributed by atoms with Crippen LogP contribution in [0.25, 0.3) is 21.5 Å². The average molecular weight is 513 g/mol. The Morgan fingerprint density at radius 2 is 0.941 bits per heavy atom. The van der Waals surface area contributed by atoms with Gasteiger partial charge in [0, 0.05) is 10.8 Å². The Bertz CT molecular complexity index is 1290. The second kappa shape index (κ2) is 12.7. The minimum absolute atomic E-state index is 0. The van der Waals surface area contributed by atoms with Crippen molar-refractivity contribution in [3.8, 4) is 23.0 Å². The van der Waals surface area contributed by atoms with Crippen molar-refractivity contribution in [2.75, 3.05) is 0 Å². The average Bonchev–Trinajstić information content (AvgIpc) is 2.73. The molecule has 34 heavy (non-hydrogen) atoms. The van der Waals surface area contributed by atoms with Crippen molar-refractivity contribution < 1.29 is 143 Å². The van der Waals surface area contributed by atoms with Gasteiger partial charge in [0.2, 0.25) is 0 Å². The fraction of sp³-hybridized carbons (Fsp3) is 0.0833. The maximum absolute atomic E-state index is 11.7. The van der Waals surface area contributed by atoms with Crippen LogP contribution in [0.2, 0.25) is 0 Å². The van der Waals surface area contributed by atoms with E-state index in [0.29, 0.717) is 10.8 Å². The molecule has 0 saturated heterocycles. The van der Waals surface area contributed by atoms with Crippen LogP contribution in [0.5, 0.6) is 23.0 Å². The molecule has 4 aromatic rings. The molecule has 4 aromatic carbocycles. The van der Waals surface area contributed by atoms with Crippen molar-refractivity contribution >= 4 is 33.5 Å². The summed E-state index contributed by atoms with van der Waals surface area (Å²) in [4.78, 5) is 21.5. The number of carbonyl (C=O) groups is 2. The Hall–Kier alpha value is -1.19. The summed E-state index contributed by atoms with van der Waals surface area (Å²) in [5, 5.41) is 61.6. The van der Waals surface area contributed by atoms with Gasteiger partial charge in [0.15, 0.2) is 0 Å². The maximum atomic E-state index is 11.7.